The van der Waals surface area contributed by atoms with Gasteiger partial charge in [-0.2, -0.15) is 0 Å². The van der Waals surface area contributed by atoms with E-state index >= 15 is 0 Å². The fraction of sp³-hybridized carbons (Fsp3) is 0.429. The smallest absolute Gasteiger partial charge is 0.407 e. The number of nitrogens with one attached hydrogen (secondary N) is 2. The van der Waals surface area contributed by atoms with E-state index in [0.717, 1.165) is 5.69 Å². The number of hydrazine groups is 1. The van der Waals surface area contributed by atoms with Crippen LogP contribution in [0, 0.1) is 0 Å². The zero-order valence-corrected chi connectivity index (χ0v) is 18.5. The maximum Gasteiger partial charge on any atom is 0.407 e. The maximum atomic E-state index is 11.9. The Morgan fingerprint density at radius 3 is 2.07 bits per heavy atom. The second-order valence-electron chi connectivity index (χ2n) is 7.68. The lowest BCUT2D eigenvalue weighted by molar-refractivity contribution is 0.0513. The van der Waals surface area contributed by atoms with Crippen molar-refractivity contribution in [1.82, 2.24) is 20.7 Å². The lowest BCUT2D eigenvalue weighted by Gasteiger charge is -2.38. The van der Waals surface area contributed by atoms with E-state index in [2.05, 4.69) is 23.8 Å². The Morgan fingerprint density at radius 1 is 1.07 bits per heavy atom. The van der Waals surface area contributed by atoms with Crippen molar-refractivity contribution in [2.45, 2.75) is 26.4 Å². The van der Waals surface area contributed by atoms with Crippen LogP contribution in [-0.2, 0) is 4.74 Å². The average Bonchev–Trinajstić information content (AvgIpc) is 2.63. The third-order valence-electron chi connectivity index (χ3n) is 3.91. The lowest BCUT2D eigenvalue weighted by Crippen LogP contribution is -2.44. The monoisotopic (exact) mass is 403 g/mol. The molecule has 0 aliphatic heterocycles. The number of nitrogens with zero attached hydrogens (tertiary/aromatic N) is 3. The fourth-order valence-electron chi connectivity index (χ4n) is 2.53. The van der Waals surface area contributed by atoms with Crippen LogP contribution in [0.2, 0.25) is 0 Å². The number of ether oxygens (including phenoxy) is 1. The van der Waals surface area contributed by atoms with Crippen molar-refractivity contribution in [3.8, 4) is 0 Å². The Labute approximate surface area is 173 Å². The largest absolute Gasteiger partial charge is 0.444 e. The minimum Gasteiger partial charge on any atom is -0.444 e. The molecule has 160 valence electrons. The van der Waals surface area contributed by atoms with Crippen LogP contribution in [0.15, 0.2) is 48.9 Å². The fourth-order valence-corrected chi connectivity index (χ4v) is 2.53. The van der Waals surface area contributed by atoms with Gasteiger partial charge in [0.15, 0.2) is 0 Å². The van der Waals surface area contributed by atoms with Crippen molar-refractivity contribution in [3.63, 3.8) is 0 Å². The molecule has 29 heavy (non-hydrogen) atoms. The molecule has 1 aromatic carbocycles. The van der Waals surface area contributed by atoms with Crippen LogP contribution in [0.5, 0.6) is 0 Å². The molecule has 0 atom stereocenters. The summed E-state index contributed by atoms with van der Waals surface area (Å²) >= 11 is 0. The first kappa shape index (κ1) is 24.0. The standard InChI is InChI=1S/C21H33N5O3/c1-15(14-23-20(28)29-21(3,4)5)26(24(7)8)16(2)25(9)18-12-10-17(11-13-18)19(27)22-6/h10-13H,1-2,14H2,3-9H3,(H,22,27)(H,23,28). The molecule has 1 aromatic rings. The number of amides is 2. The molecule has 0 heterocycles. The molecular weight excluding hydrogens is 370 g/mol. The number of benzene rings is 1. The van der Waals surface area contributed by atoms with Gasteiger partial charge in [0.2, 0.25) is 0 Å². The summed E-state index contributed by atoms with van der Waals surface area (Å²) < 4.78 is 5.26. The van der Waals surface area contributed by atoms with Gasteiger partial charge >= 0.3 is 6.09 Å². The molecule has 0 radical (unpaired) electrons. The Hall–Kier alpha value is -3.00. The highest BCUT2D eigenvalue weighted by molar-refractivity contribution is 5.94. The van der Waals surface area contributed by atoms with Crippen molar-refractivity contribution >= 4 is 17.7 Å². The molecule has 0 aliphatic carbocycles. The summed E-state index contributed by atoms with van der Waals surface area (Å²) in [5.74, 6) is 0.480. The molecule has 0 bridgehead atoms. The summed E-state index contributed by atoms with van der Waals surface area (Å²) in [5, 5.41) is 8.90. The Balaban J connectivity index is 2.86. The second kappa shape index (κ2) is 9.97. The van der Waals surface area contributed by atoms with Gasteiger partial charge in [0, 0.05) is 45.1 Å². The highest BCUT2D eigenvalue weighted by atomic mass is 16.6. The second-order valence-corrected chi connectivity index (χ2v) is 7.68. The summed E-state index contributed by atoms with van der Waals surface area (Å²) in [6.45, 7) is 13.8. The number of rotatable bonds is 8. The minimum atomic E-state index is -0.572. The Kier molecular flexibility index (Phi) is 8.27. The van der Waals surface area contributed by atoms with Crippen LogP contribution in [0.1, 0.15) is 31.1 Å². The van der Waals surface area contributed by atoms with Crippen molar-refractivity contribution in [3.05, 3.63) is 54.5 Å². The molecule has 0 aromatic heterocycles. The lowest BCUT2D eigenvalue weighted by atomic mass is 10.2. The molecule has 0 saturated carbocycles. The van der Waals surface area contributed by atoms with Gasteiger partial charge in [-0.05, 0) is 45.0 Å². The third-order valence-corrected chi connectivity index (χ3v) is 3.91. The van der Waals surface area contributed by atoms with Gasteiger partial charge in [0.1, 0.15) is 11.4 Å². The molecular formula is C21H33N5O3. The number of hydrogen-bond acceptors (Lipinski definition) is 6. The van der Waals surface area contributed by atoms with E-state index in [1.807, 2.05) is 43.2 Å². The van der Waals surface area contributed by atoms with E-state index in [-0.39, 0.29) is 12.5 Å². The summed E-state index contributed by atoms with van der Waals surface area (Å²) in [5.41, 5.74) is 1.46. The number of hydrogen-bond donors (Lipinski definition) is 2. The first-order chi connectivity index (χ1) is 13.4. The Bertz CT molecular complexity index is 751. The van der Waals surface area contributed by atoms with Gasteiger partial charge in [0.05, 0.1) is 6.54 Å². The van der Waals surface area contributed by atoms with Gasteiger partial charge in [-0.1, -0.05) is 13.2 Å². The summed E-state index contributed by atoms with van der Waals surface area (Å²) in [4.78, 5) is 25.5. The molecule has 0 fully saturated rings. The van der Waals surface area contributed by atoms with Crippen LogP contribution in [0.25, 0.3) is 0 Å². The quantitative estimate of drug-likeness (QED) is 0.650. The van der Waals surface area contributed by atoms with E-state index in [0.29, 0.717) is 17.1 Å². The van der Waals surface area contributed by atoms with E-state index < -0.39 is 11.7 Å². The summed E-state index contributed by atoms with van der Waals surface area (Å²) in [6, 6.07) is 7.17. The van der Waals surface area contributed by atoms with Gasteiger partial charge in [-0.25, -0.2) is 9.80 Å². The molecule has 8 heteroatoms. The van der Waals surface area contributed by atoms with E-state index in [1.165, 1.54) is 0 Å². The van der Waals surface area contributed by atoms with Crippen LogP contribution >= 0.6 is 0 Å². The first-order valence-electron chi connectivity index (χ1n) is 9.24. The molecule has 2 N–H and O–H groups in total. The van der Waals surface area contributed by atoms with Crippen LogP contribution < -0.4 is 15.5 Å². The van der Waals surface area contributed by atoms with E-state index in [9.17, 15) is 9.59 Å². The molecule has 2 amide bonds. The summed E-state index contributed by atoms with van der Waals surface area (Å²) in [7, 11) is 7.16. The number of carbonyl (C=O) groups is 2. The van der Waals surface area contributed by atoms with E-state index in [1.54, 1.807) is 45.0 Å². The molecule has 0 unspecified atom stereocenters. The van der Waals surface area contributed by atoms with Crippen molar-refractivity contribution < 1.29 is 14.3 Å². The van der Waals surface area contributed by atoms with Crippen LogP contribution in [0.4, 0.5) is 10.5 Å². The highest BCUT2D eigenvalue weighted by Crippen LogP contribution is 2.22. The van der Waals surface area contributed by atoms with Crippen molar-refractivity contribution in [2.75, 3.05) is 39.6 Å². The molecule has 8 nitrogen and oxygen atoms in total. The van der Waals surface area contributed by atoms with Gasteiger partial charge in [-0.3, -0.25) is 9.80 Å². The zero-order valence-electron chi connectivity index (χ0n) is 18.5. The minimum absolute atomic E-state index is 0.144. The normalized spacial score (nSPS) is 10.9. The highest BCUT2D eigenvalue weighted by Gasteiger charge is 2.21. The number of alkyl carbamates (subject to hydrolysis) is 1. The molecule has 0 spiro atoms. The van der Waals surface area contributed by atoms with Crippen LogP contribution in [0.3, 0.4) is 0 Å². The molecule has 1 rings (SSSR count). The Morgan fingerprint density at radius 2 is 1.62 bits per heavy atom. The maximum absolute atomic E-state index is 11.9. The predicted octanol–water partition coefficient (Wildman–Crippen LogP) is 2.77. The third kappa shape index (κ3) is 7.15. The molecule has 0 saturated heterocycles. The zero-order chi connectivity index (χ0) is 22.4. The molecule has 0 aliphatic rings. The van der Waals surface area contributed by atoms with Crippen molar-refractivity contribution in [1.29, 1.82) is 0 Å². The van der Waals surface area contributed by atoms with Gasteiger partial charge in [0.25, 0.3) is 5.91 Å². The van der Waals surface area contributed by atoms with Crippen molar-refractivity contribution in [2.24, 2.45) is 0 Å². The number of carbonyl (C=O) groups excluding carboxylic acids is 2. The first-order valence-corrected chi connectivity index (χ1v) is 9.24. The van der Waals surface area contributed by atoms with Crippen LogP contribution in [-0.4, -0.2) is 62.4 Å². The average molecular weight is 404 g/mol. The van der Waals surface area contributed by atoms with Gasteiger partial charge in [-0.15, -0.1) is 0 Å². The SMILES string of the molecule is C=C(CNC(=O)OC(C)(C)C)N(C(=C)N(C)c1ccc(C(=O)NC)cc1)N(C)C. The topological polar surface area (TPSA) is 77.1 Å². The van der Waals surface area contributed by atoms with E-state index in [4.69, 9.17) is 4.74 Å². The summed E-state index contributed by atoms with van der Waals surface area (Å²) in [6.07, 6.45) is -0.513. The number of anilines is 1. The van der Waals surface area contributed by atoms with Gasteiger partial charge < -0.3 is 20.3 Å². The predicted molar refractivity (Wildman–Crippen MR) is 116 cm³/mol.